The van der Waals surface area contributed by atoms with E-state index in [1.807, 2.05) is 13.8 Å². The van der Waals surface area contributed by atoms with Crippen LogP contribution in [-0.4, -0.2) is 13.2 Å². The molecule has 0 radical (unpaired) electrons. The summed E-state index contributed by atoms with van der Waals surface area (Å²) in [4.78, 5) is 0. The van der Waals surface area contributed by atoms with Crippen molar-refractivity contribution in [3.8, 4) is 0 Å². The number of hydrogen-bond acceptors (Lipinski definition) is 1. The lowest BCUT2D eigenvalue weighted by atomic mass is 9.74. The predicted molar refractivity (Wildman–Crippen MR) is 65.9 cm³/mol. The molecular weight excluding hydrogens is 184 g/mol. The molecule has 1 spiro atoms. The van der Waals surface area contributed by atoms with Crippen LogP contribution < -0.4 is 0 Å². The van der Waals surface area contributed by atoms with Crippen molar-refractivity contribution in [2.24, 2.45) is 23.2 Å². The van der Waals surface area contributed by atoms with Crippen molar-refractivity contribution in [2.45, 2.75) is 53.9 Å². The zero-order chi connectivity index (χ0) is 11.5. The van der Waals surface area contributed by atoms with Gasteiger partial charge in [0.15, 0.2) is 0 Å². The molecule has 1 heterocycles. The molecule has 3 unspecified atom stereocenters. The van der Waals surface area contributed by atoms with Crippen LogP contribution in [0.1, 0.15) is 53.9 Å². The van der Waals surface area contributed by atoms with E-state index < -0.39 is 0 Å². The van der Waals surface area contributed by atoms with Gasteiger partial charge in [-0.3, -0.25) is 0 Å². The molecule has 15 heavy (non-hydrogen) atoms. The Morgan fingerprint density at radius 1 is 1.20 bits per heavy atom. The van der Waals surface area contributed by atoms with Crippen molar-refractivity contribution in [3.05, 3.63) is 0 Å². The van der Waals surface area contributed by atoms with Crippen LogP contribution in [-0.2, 0) is 4.74 Å². The Kier molecular flexibility index (Phi) is 4.64. The fourth-order valence-corrected chi connectivity index (χ4v) is 3.48. The molecule has 1 saturated heterocycles. The molecule has 0 aromatic heterocycles. The van der Waals surface area contributed by atoms with E-state index in [1.165, 1.54) is 19.3 Å². The average molecular weight is 212 g/mol. The summed E-state index contributed by atoms with van der Waals surface area (Å²) < 4.78 is 5.58. The van der Waals surface area contributed by atoms with Crippen molar-refractivity contribution in [1.29, 1.82) is 0 Å². The van der Waals surface area contributed by atoms with E-state index in [9.17, 15) is 0 Å². The van der Waals surface area contributed by atoms with Crippen molar-refractivity contribution in [1.82, 2.24) is 0 Å². The quantitative estimate of drug-likeness (QED) is 0.635. The van der Waals surface area contributed by atoms with E-state index in [0.717, 1.165) is 31.0 Å². The maximum absolute atomic E-state index is 5.58. The van der Waals surface area contributed by atoms with Gasteiger partial charge in [0.05, 0.1) is 6.61 Å². The van der Waals surface area contributed by atoms with Crippen LogP contribution in [0.15, 0.2) is 0 Å². The van der Waals surface area contributed by atoms with Crippen molar-refractivity contribution < 1.29 is 4.74 Å². The second kappa shape index (κ2) is 5.34. The van der Waals surface area contributed by atoms with Crippen LogP contribution in [0.4, 0.5) is 0 Å². The Morgan fingerprint density at radius 2 is 1.87 bits per heavy atom. The highest BCUT2D eigenvalue weighted by Crippen LogP contribution is 2.53. The molecular formula is C14H28O. The molecule has 0 amide bonds. The molecule has 1 aliphatic heterocycles. The van der Waals surface area contributed by atoms with Crippen LogP contribution in [0.25, 0.3) is 0 Å². The third-order valence-electron chi connectivity index (χ3n) is 4.57. The van der Waals surface area contributed by atoms with Gasteiger partial charge in [-0.1, -0.05) is 34.6 Å². The van der Waals surface area contributed by atoms with E-state index in [2.05, 4.69) is 20.8 Å². The summed E-state index contributed by atoms with van der Waals surface area (Å²) in [5.41, 5.74) is 0.578. The molecule has 1 nitrogen and oxygen atoms in total. The van der Waals surface area contributed by atoms with Gasteiger partial charge in [-0.05, 0) is 42.4 Å². The number of rotatable bonds is 1. The minimum absolute atomic E-state index is 0.578. The number of ether oxygens (including phenoxy) is 1. The summed E-state index contributed by atoms with van der Waals surface area (Å²) in [6.07, 6.45) is 4.16. The predicted octanol–water partition coefficient (Wildman–Crippen LogP) is 4.12. The molecule has 1 aliphatic carbocycles. The molecule has 3 atom stereocenters. The Balaban J connectivity index is 0.000000531. The second-order valence-electron chi connectivity index (χ2n) is 5.40. The zero-order valence-electron chi connectivity index (χ0n) is 11.2. The molecule has 2 aliphatic rings. The van der Waals surface area contributed by atoms with Crippen molar-refractivity contribution in [2.75, 3.05) is 13.2 Å². The van der Waals surface area contributed by atoms with Gasteiger partial charge >= 0.3 is 0 Å². The van der Waals surface area contributed by atoms with Crippen LogP contribution in [0.3, 0.4) is 0 Å². The largest absolute Gasteiger partial charge is 0.381 e. The molecule has 0 bridgehead atoms. The summed E-state index contributed by atoms with van der Waals surface area (Å²) in [5.74, 6) is 2.69. The fraction of sp³-hybridized carbons (Fsp3) is 1.00. The SMILES string of the molecule is CC.CC(C)C1CCC2(CCOC2)C1C. The summed E-state index contributed by atoms with van der Waals surface area (Å²) in [5, 5.41) is 0. The fourth-order valence-electron chi connectivity index (χ4n) is 3.48. The first-order valence-electron chi connectivity index (χ1n) is 6.73. The van der Waals surface area contributed by atoms with E-state index in [1.54, 1.807) is 0 Å². The molecule has 0 aromatic rings. The third-order valence-corrected chi connectivity index (χ3v) is 4.57. The van der Waals surface area contributed by atoms with Crippen LogP contribution >= 0.6 is 0 Å². The summed E-state index contributed by atoms with van der Waals surface area (Å²) >= 11 is 0. The zero-order valence-corrected chi connectivity index (χ0v) is 11.2. The second-order valence-corrected chi connectivity index (χ2v) is 5.40. The highest BCUT2D eigenvalue weighted by Gasteiger charge is 2.48. The molecule has 1 heteroatoms. The standard InChI is InChI=1S/C12H22O.C2H6/c1-9(2)11-4-5-12(10(11)3)6-7-13-8-12;1-2/h9-11H,4-8H2,1-3H3;1-2H3. The first kappa shape index (κ1) is 13.0. The minimum Gasteiger partial charge on any atom is -0.381 e. The lowest BCUT2D eigenvalue weighted by Gasteiger charge is -2.31. The van der Waals surface area contributed by atoms with Gasteiger partial charge in [0, 0.05) is 6.61 Å². The van der Waals surface area contributed by atoms with E-state index in [-0.39, 0.29) is 0 Å². The van der Waals surface area contributed by atoms with Crippen molar-refractivity contribution in [3.63, 3.8) is 0 Å². The van der Waals surface area contributed by atoms with E-state index in [0.29, 0.717) is 5.41 Å². The first-order valence-corrected chi connectivity index (χ1v) is 6.73. The Morgan fingerprint density at radius 3 is 2.27 bits per heavy atom. The molecule has 1 saturated carbocycles. The van der Waals surface area contributed by atoms with Gasteiger partial charge in [0.2, 0.25) is 0 Å². The third kappa shape index (κ3) is 2.38. The van der Waals surface area contributed by atoms with Crippen LogP contribution in [0.2, 0.25) is 0 Å². The number of hydrogen-bond donors (Lipinski definition) is 0. The van der Waals surface area contributed by atoms with Gasteiger partial charge in [-0.15, -0.1) is 0 Å². The summed E-state index contributed by atoms with van der Waals surface area (Å²) in [7, 11) is 0. The maximum Gasteiger partial charge on any atom is 0.0525 e. The summed E-state index contributed by atoms with van der Waals surface area (Å²) in [6.45, 7) is 13.2. The monoisotopic (exact) mass is 212 g/mol. The lowest BCUT2D eigenvalue weighted by Crippen LogP contribution is -2.28. The van der Waals surface area contributed by atoms with E-state index in [4.69, 9.17) is 4.74 Å². The maximum atomic E-state index is 5.58. The molecule has 2 rings (SSSR count). The normalized spacial score (nSPS) is 39.6. The van der Waals surface area contributed by atoms with Crippen molar-refractivity contribution >= 4 is 0 Å². The van der Waals surface area contributed by atoms with Gasteiger partial charge in [0.25, 0.3) is 0 Å². The first-order chi connectivity index (χ1) is 7.16. The molecule has 0 N–H and O–H groups in total. The Bertz CT molecular complexity index is 180. The Hall–Kier alpha value is -0.0400. The van der Waals surface area contributed by atoms with Gasteiger partial charge < -0.3 is 4.74 Å². The Labute approximate surface area is 95.6 Å². The topological polar surface area (TPSA) is 9.23 Å². The smallest absolute Gasteiger partial charge is 0.0525 e. The molecule has 90 valence electrons. The van der Waals surface area contributed by atoms with E-state index >= 15 is 0 Å². The molecule has 2 fully saturated rings. The summed E-state index contributed by atoms with van der Waals surface area (Å²) in [6, 6.07) is 0. The van der Waals surface area contributed by atoms with Gasteiger partial charge in [-0.25, -0.2) is 0 Å². The highest BCUT2D eigenvalue weighted by molar-refractivity contribution is 4.97. The van der Waals surface area contributed by atoms with Crippen LogP contribution in [0, 0.1) is 23.2 Å². The molecule has 0 aromatic carbocycles. The van der Waals surface area contributed by atoms with Crippen LogP contribution in [0.5, 0.6) is 0 Å². The minimum atomic E-state index is 0.578. The van der Waals surface area contributed by atoms with Gasteiger partial charge in [0.1, 0.15) is 0 Å². The van der Waals surface area contributed by atoms with Gasteiger partial charge in [-0.2, -0.15) is 0 Å². The lowest BCUT2D eigenvalue weighted by molar-refractivity contribution is 0.113. The highest BCUT2D eigenvalue weighted by atomic mass is 16.5. The average Bonchev–Trinajstić information content (AvgIpc) is 2.81.